The molecule has 1 atom stereocenters. The minimum Gasteiger partial charge on any atom is -0.497 e. The summed E-state index contributed by atoms with van der Waals surface area (Å²) in [5.41, 5.74) is 9.18. The third-order valence-corrected chi connectivity index (χ3v) is 4.38. The van der Waals surface area contributed by atoms with Crippen molar-refractivity contribution in [3.05, 3.63) is 89.7 Å². The summed E-state index contributed by atoms with van der Waals surface area (Å²) in [6.07, 6.45) is -0.554. The Morgan fingerprint density at radius 1 is 1.00 bits per heavy atom. The van der Waals surface area contributed by atoms with Crippen LogP contribution in [0.1, 0.15) is 21.6 Å². The Morgan fingerprint density at radius 3 is 2.33 bits per heavy atom. The van der Waals surface area contributed by atoms with E-state index in [0.717, 1.165) is 5.56 Å². The first kappa shape index (κ1) is 20.7. The van der Waals surface area contributed by atoms with Gasteiger partial charge in [-0.25, -0.2) is 4.79 Å². The number of hydrogen-bond donors (Lipinski definition) is 2. The van der Waals surface area contributed by atoms with Crippen LogP contribution in [-0.2, 0) is 16.0 Å². The Bertz CT molecular complexity index is 1030. The molecule has 3 rings (SSSR count). The van der Waals surface area contributed by atoms with Crippen molar-refractivity contribution in [3.63, 3.8) is 0 Å². The fraction of sp³-hybridized carbons (Fsp3) is 0.136. The van der Waals surface area contributed by atoms with Crippen molar-refractivity contribution in [2.45, 2.75) is 12.5 Å². The molecule has 1 heterocycles. The standard InChI is InChI=1S/C22H21N3O5/c1-29-17-11-9-16(10-12-17)20(26)18-8-5-13-25(18)24-21(27)19(30-22(23)28)14-15-6-3-2-4-7-15/h2-13,19H,14H2,1H3,(H2,23,28)(H,24,27). The highest BCUT2D eigenvalue weighted by Crippen LogP contribution is 2.15. The second-order valence-corrected chi connectivity index (χ2v) is 6.41. The molecule has 0 radical (unpaired) electrons. The molecule has 2 aromatic carbocycles. The molecule has 1 unspecified atom stereocenters. The summed E-state index contributed by atoms with van der Waals surface area (Å²) < 4.78 is 11.4. The van der Waals surface area contributed by atoms with Crippen molar-refractivity contribution in [2.75, 3.05) is 12.5 Å². The van der Waals surface area contributed by atoms with E-state index in [9.17, 15) is 14.4 Å². The molecule has 8 nitrogen and oxygen atoms in total. The van der Waals surface area contributed by atoms with Gasteiger partial charge in [0.2, 0.25) is 5.78 Å². The average molecular weight is 407 g/mol. The maximum Gasteiger partial charge on any atom is 0.405 e. The van der Waals surface area contributed by atoms with Crippen LogP contribution in [0.5, 0.6) is 5.75 Å². The number of methoxy groups -OCH3 is 1. The van der Waals surface area contributed by atoms with Crippen LogP contribution in [-0.4, -0.2) is 35.7 Å². The summed E-state index contributed by atoms with van der Waals surface area (Å²) in [7, 11) is 1.54. The molecule has 0 aliphatic carbocycles. The molecule has 0 saturated carbocycles. The van der Waals surface area contributed by atoms with Gasteiger partial charge in [-0.15, -0.1) is 0 Å². The normalized spacial score (nSPS) is 11.4. The lowest BCUT2D eigenvalue weighted by Gasteiger charge is -2.18. The van der Waals surface area contributed by atoms with E-state index in [1.165, 1.54) is 18.0 Å². The fourth-order valence-corrected chi connectivity index (χ4v) is 2.90. The van der Waals surface area contributed by atoms with Crippen LogP contribution in [0.2, 0.25) is 0 Å². The van der Waals surface area contributed by atoms with Crippen LogP contribution >= 0.6 is 0 Å². The Labute approximate surface area is 173 Å². The van der Waals surface area contributed by atoms with Crippen molar-refractivity contribution in [1.82, 2.24) is 4.68 Å². The molecular weight excluding hydrogens is 386 g/mol. The van der Waals surface area contributed by atoms with Gasteiger partial charge in [0.1, 0.15) is 11.4 Å². The van der Waals surface area contributed by atoms with Crippen molar-refractivity contribution in [3.8, 4) is 5.75 Å². The molecule has 0 spiro atoms. The van der Waals surface area contributed by atoms with Crippen LogP contribution < -0.4 is 15.9 Å². The molecule has 0 fully saturated rings. The molecule has 154 valence electrons. The number of nitrogens with two attached hydrogens (primary N) is 1. The van der Waals surface area contributed by atoms with Gasteiger partial charge in [0.25, 0.3) is 5.91 Å². The number of ketones is 1. The number of ether oxygens (including phenoxy) is 2. The molecular formula is C22H21N3O5. The summed E-state index contributed by atoms with van der Waals surface area (Å²) >= 11 is 0. The molecule has 3 aromatic rings. The van der Waals surface area contributed by atoms with Gasteiger partial charge in [0.05, 0.1) is 7.11 Å². The highest BCUT2D eigenvalue weighted by Gasteiger charge is 2.24. The van der Waals surface area contributed by atoms with E-state index in [1.54, 1.807) is 48.5 Å². The Balaban J connectivity index is 1.77. The van der Waals surface area contributed by atoms with Crippen LogP contribution in [0.25, 0.3) is 0 Å². The van der Waals surface area contributed by atoms with Crippen molar-refractivity contribution in [2.24, 2.45) is 5.73 Å². The highest BCUT2D eigenvalue weighted by molar-refractivity contribution is 6.08. The van der Waals surface area contributed by atoms with Gasteiger partial charge in [-0.05, 0) is 42.0 Å². The van der Waals surface area contributed by atoms with Gasteiger partial charge in [-0.3, -0.25) is 19.7 Å². The van der Waals surface area contributed by atoms with Gasteiger partial charge in [0.15, 0.2) is 6.10 Å². The van der Waals surface area contributed by atoms with E-state index in [1.807, 2.05) is 18.2 Å². The van der Waals surface area contributed by atoms with E-state index in [-0.39, 0.29) is 17.9 Å². The second kappa shape index (κ2) is 9.42. The summed E-state index contributed by atoms with van der Waals surface area (Å²) in [6, 6.07) is 18.9. The first-order valence-corrected chi connectivity index (χ1v) is 9.15. The largest absolute Gasteiger partial charge is 0.497 e. The first-order chi connectivity index (χ1) is 14.5. The maximum atomic E-state index is 12.8. The van der Waals surface area contributed by atoms with Gasteiger partial charge in [-0.1, -0.05) is 30.3 Å². The van der Waals surface area contributed by atoms with Crippen LogP contribution in [0, 0.1) is 0 Å². The molecule has 0 aliphatic heterocycles. The predicted octanol–water partition coefficient (Wildman–Crippen LogP) is 2.50. The van der Waals surface area contributed by atoms with Crippen LogP contribution in [0.3, 0.4) is 0 Å². The smallest absolute Gasteiger partial charge is 0.405 e. The summed E-state index contributed by atoms with van der Waals surface area (Å²) in [5, 5.41) is 0. The third kappa shape index (κ3) is 5.05. The number of benzene rings is 2. The number of rotatable bonds is 8. The number of primary amides is 1. The van der Waals surface area contributed by atoms with E-state index < -0.39 is 18.1 Å². The Kier molecular flexibility index (Phi) is 6.49. The first-order valence-electron chi connectivity index (χ1n) is 9.15. The third-order valence-electron chi connectivity index (χ3n) is 4.38. The number of nitrogens with one attached hydrogen (secondary N) is 1. The number of aromatic nitrogens is 1. The zero-order chi connectivity index (χ0) is 21.5. The molecule has 0 aliphatic rings. The molecule has 0 bridgehead atoms. The van der Waals surface area contributed by atoms with Crippen molar-refractivity contribution in [1.29, 1.82) is 0 Å². The number of hydrogen-bond acceptors (Lipinski definition) is 5. The summed E-state index contributed by atoms with van der Waals surface area (Å²) in [5.74, 6) is -0.279. The van der Waals surface area contributed by atoms with Crippen molar-refractivity contribution < 1.29 is 23.9 Å². The maximum absolute atomic E-state index is 12.8. The highest BCUT2D eigenvalue weighted by atomic mass is 16.6. The number of nitrogens with zero attached hydrogens (tertiary/aromatic N) is 1. The topological polar surface area (TPSA) is 113 Å². The lowest BCUT2D eigenvalue weighted by atomic mass is 10.1. The predicted molar refractivity (Wildman–Crippen MR) is 110 cm³/mol. The molecule has 0 saturated heterocycles. The monoisotopic (exact) mass is 407 g/mol. The summed E-state index contributed by atoms with van der Waals surface area (Å²) in [4.78, 5) is 36.9. The Hall–Kier alpha value is -4.07. The zero-order valence-electron chi connectivity index (χ0n) is 16.3. The Morgan fingerprint density at radius 2 is 1.70 bits per heavy atom. The lowest BCUT2D eigenvalue weighted by Crippen LogP contribution is -2.39. The van der Waals surface area contributed by atoms with Crippen LogP contribution in [0.15, 0.2) is 72.9 Å². The number of carbonyl (C=O) groups is 3. The quantitative estimate of drug-likeness (QED) is 0.557. The molecule has 3 N–H and O–H groups in total. The lowest BCUT2D eigenvalue weighted by molar-refractivity contribution is -0.125. The van der Waals surface area contributed by atoms with Crippen LogP contribution in [0.4, 0.5) is 4.79 Å². The van der Waals surface area contributed by atoms with Crippen molar-refractivity contribution >= 4 is 17.8 Å². The van der Waals surface area contributed by atoms with Gasteiger partial charge >= 0.3 is 6.09 Å². The fourth-order valence-electron chi connectivity index (χ4n) is 2.90. The van der Waals surface area contributed by atoms with E-state index >= 15 is 0 Å². The van der Waals surface area contributed by atoms with Gasteiger partial charge in [-0.2, -0.15) is 0 Å². The summed E-state index contributed by atoms with van der Waals surface area (Å²) in [6.45, 7) is 0. The molecule has 1 aromatic heterocycles. The minimum atomic E-state index is -1.16. The molecule has 2 amide bonds. The SMILES string of the molecule is COc1ccc(C(=O)c2cccn2NC(=O)C(Cc2ccccc2)OC(N)=O)cc1. The minimum absolute atomic E-state index is 0.138. The zero-order valence-corrected chi connectivity index (χ0v) is 16.3. The second-order valence-electron chi connectivity index (χ2n) is 6.41. The number of carbonyl (C=O) groups excluding carboxylic acids is 3. The molecule has 8 heteroatoms. The van der Waals surface area contributed by atoms with E-state index in [0.29, 0.717) is 11.3 Å². The average Bonchev–Trinajstić information content (AvgIpc) is 3.21. The van der Waals surface area contributed by atoms with Gasteiger partial charge < -0.3 is 15.2 Å². The van der Waals surface area contributed by atoms with E-state index in [2.05, 4.69) is 5.43 Å². The van der Waals surface area contributed by atoms with E-state index in [4.69, 9.17) is 15.2 Å². The van der Waals surface area contributed by atoms with Gasteiger partial charge in [0, 0.05) is 18.2 Å². The number of amides is 2. The molecule has 30 heavy (non-hydrogen) atoms.